The molecule has 1 saturated carbocycles. The molecule has 0 bridgehead atoms. The highest BCUT2D eigenvalue weighted by atomic mass is 16.5. The van der Waals surface area contributed by atoms with Crippen LogP contribution < -0.4 is 5.73 Å². The fraction of sp³-hybridized carbons (Fsp3) is 1.00. The van der Waals surface area contributed by atoms with Gasteiger partial charge >= 0.3 is 0 Å². The van der Waals surface area contributed by atoms with Gasteiger partial charge in [0.25, 0.3) is 0 Å². The van der Waals surface area contributed by atoms with Crippen LogP contribution in [0.5, 0.6) is 0 Å². The molecule has 0 aromatic carbocycles. The van der Waals surface area contributed by atoms with E-state index < -0.39 is 0 Å². The van der Waals surface area contributed by atoms with E-state index in [1.165, 1.54) is 32.2 Å². The fourth-order valence-electron chi connectivity index (χ4n) is 3.22. The standard InChI is InChI=1S/C14H28N2O/c1-11(2)7-16(13-5-3-4-6-13)8-12-9-17-10-14(12)15/h11-14H,3-10,15H2,1-2H3. The molecule has 100 valence electrons. The maximum atomic E-state index is 6.11. The Hall–Kier alpha value is -0.120. The molecule has 0 aromatic heterocycles. The highest BCUT2D eigenvalue weighted by Crippen LogP contribution is 2.26. The summed E-state index contributed by atoms with van der Waals surface area (Å²) in [6.07, 6.45) is 5.59. The Morgan fingerprint density at radius 3 is 2.47 bits per heavy atom. The van der Waals surface area contributed by atoms with Crippen molar-refractivity contribution in [3.63, 3.8) is 0 Å². The van der Waals surface area contributed by atoms with Gasteiger partial charge in [0.2, 0.25) is 0 Å². The average molecular weight is 240 g/mol. The van der Waals surface area contributed by atoms with Crippen LogP contribution in [0.2, 0.25) is 0 Å². The smallest absolute Gasteiger partial charge is 0.0621 e. The lowest BCUT2D eigenvalue weighted by Crippen LogP contribution is -2.44. The zero-order valence-electron chi connectivity index (χ0n) is 11.4. The molecular weight excluding hydrogens is 212 g/mol. The van der Waals surface area contributed by atoms with Crippen molar-refractivity contribution < 1.29 is 4.74 Å². The van der Waals surface area contributed by atoms with Crippen LogP contribution in [0.1, 0.15) is 39.5 Å². The third kappa shape index (κ3) is 3.67. The molecule has 2 unspecified atom stereocenters. The van der Waals surface area contributed by atoms with Crippen molar-refractivity contribution >= 4 is 0 Å². The molecule has 1 aliphatic heterocycles. The third-order valence-corrected chi connectivity index (χ3v) is 4.16. The molecule has 1 saturated heterocycles. The zero-order valence-corrected chi connectivity index (χ0v) is 11.4. The van der Waals surface area contributed by atoms with Crippen LogP contribution in [0.3, 0.4) is 0 Å². The first-order valence-corrected chi connectivity index (χ1v) is 7.24. The normalized spacial score (nSPS) is 30.9. The van der Waals surface area contributed by atoms with Crippen LogP contribution in [0.25, 0.3) is 0 Å². The Morgan fingerprint density at radius 1 is 1.24 bits per heavy atom. The van der Waals surface area contributed by atoms with Crippen LogP contribution in [-0.2, 0) is 4.74 Å². The maximum absolute atomic E-state index is 6.11. The summed E-state index contributed by atoms with van der Waals surface area (Å²) in [7, 11) is 0. The van der Waals surface area contributed by atoms with Gasteiger partial charge in [0.05, 0.1) is 13.2 Å². The third-order valence-electron chi connectivity index (χ3n) is 4.16. The van der Waals surface area contributed by atoms with Gasteiger partial charge in [0, 0.05) is 31.1 Å². The van der Waals surface area contributed by atoms with Crippen LogP contribution in [0, 0.1) is 11.8 Å². The zero-order chi connectivity index (χ0) is 12.3. The van der Waals surface area contributed by atoms with E-state index in [2.05, 4.69) is 18.7 Å². The molecule has 17 heavy (non-hydrogen) atoms. The molecule has 2 atom stereocenters. The van der Waals surface area contributed by atoms with Gasteiger partial charge < -0.3 is 10.5 Å². The SMILES string of the molecule is CC(C)CN(CC1COCC1N)C1CCCC1. The summed E-state index contributed by atoms with van der Waals surface area (Å²) in [5.74, 6) is 1.29. The van der Waals surface area contributed by atoms with E-state index in [1.54, 1.807) is 0 Å². The van der Waals surface area contributed by atoms with E-state index in [4.69, 9.17) is 10.5 Å². The van der Waals surface area contributed by atoms with Gasteiger partial charge in [-0.05, 0) is 18.8 Å². The summed E-state index contributed by atoms with van der Waals surface area (Å²) >= 11 is 0. The van der Waals surface area contributed by atoms with Crippen molar-refractivity contribution in [2.75, 3.05) is 26.3 Å². The number of nitrogens with zero attached hydrogens (tertiary/aromatic N) is 1. The maximum Gasteiger partial charge on any atom is 0.0621 e. The number of hydrogen-bond acceptors (Lipinski definition) is 3. The molecule has 2 N–H and O–H groups in total. The van der Waals surface area contributed by atoms with Gasteiger partial charge in [0.1, 0.15) is 0 Å². The number of nitrogens with two attached hydrogens (primary N) is 1. The summed E-state index contributed by atoms with van der Waals surface area (Å²) in [6, 6.07) is 1.07. The van der Waals surface area contributed by atoms with Crippen LogP contribution in [0.4, 0.5) is 0 Å². The molecule has 0 aromatic rings. The van der Waals surface area contributed by atoms with E-state index in [0.29, 0.717) is 5.92 Å². The van der Waals surface area contributed by atoms with Gasteiger partial charge in [-0.3, -0.25) is 4.90 Å². The number of ether oxygens (including phenoxy) is 1. The second-order valence-electron chi connectivity index (χ2n) is 6.25. The van der Waals surface area contributed by atoms with Gasteiger partial charge in [-0.1, -0.05) is 26.7 Å². The van der Waals surface area contributed by atoms with Crippen molar-refractivity contribution in [2.45, 2.75) is 51.6 Å². The molecule has 3 heteroatoms. The molecule has 0 spiro atoms. The van der Waals surface area contributed by atoms with Crippen molar-refractivity contribution in [3.05, 3.63) is 0 Å². The minimum Gasteiger partial charge on any atom is -0.379 e. The number of rotatable bonds is 5. The van der Waals surface area contributed by atoms with Crippen LogP contribution in [0.15, 0.2) is 0 Å². The van der Waals surface area contributed by atoms with Crippen molar-refractivity contribution in [1.82, 2.24) is 4.90 Å². The van der Waals surface area contributed by atoms with Crippen LogP contribution >= 0.6 is 0 Å². The second kappa shape index (κ2) is 6.17. The highest BCUT2D eigenvalue weighted by molar-refractivity contribution is 4.85. The Kier molecular flexibility index (Phi) is 4.83. The molecule has 2 aliphatic rings. The van der Waals surface area contributed by atoms with Crippen molar-refractivity contribution in [1.29, 1.82) is 0 Å². The quantitative estimate of drug-likeness (QED) is 0.797. The predicted molar refractivity (Wildman–Crippen MR) is 71.0 cm³/mol. The van der Waals surface area contributed by atoms with E-state index in [1.807, 2.05) is 0 Å². The highest BCUT2D eigenvalue weighted by Gasteiger charge is 2.30. The van der Waals surface area contributed by atoms with E-state index in [-0.39, 0.29) is 6.04 Å². The topological polar surface area (TPSA) is 38.5 Å². The van der Waals surface area contributed by atoms with E-state index in [0.717, 1.165) is 31.7 Å². The largest absolute Gasteiger partial charge is 0.379 e. The summed E-state index contributed by atoms with van der Waals surface area (Å²) in [5, 5.41) is 0. The molecule has 1 heterocycles. The molecule has 0 radical (unpaired) electrons. The molecule has 2 rings (SSSR count). The first kappa shape index (κ1) is 13.3. The number of hydrogen-bond donors (Lipinski definition) is 1. The Bertz CT molecular complexity index is 226. The van der Waals surface area contributed by atoms with Gasteiger partial charge in [-0.15, -0.1) is 0 Å². The Morgan fingerprint density at radius 2 is 1.94 bits per heavy atom. The summed E-state index contributed by atoms with van der Waals surface area (Å²) in [4.78, 5) is 2.69. The molecular formula is C14H28N2O. The lowest BCUT2D eigenvalue weighted by atomic mass is 10.0. The minimum absolute atomic E-state index is 0.256. The molecule has 2 fully saturated rings. The molecule has 0 amide bonds. The van der Waals surface area contributed by atoms with Gasteiger partial charge in [-0.2, -0.15) is 0 Å². The van der Waals surface area contributed by atoms with E-state index >= 15 is 0 Å². The fourth-order valence-corrected chi connectivity index (χ4v) is 3.22. The molecule has 1 aliphatic carbocycles. The lowest BCUT2D eigenvalue weighted by molar-refractivity contribution is 0.131. The first-order valence-electron chi connectivity index (χ1n) is 7.24. The van der Waals surface area contributed by atoms with E-state index in [9.17, 15) is 0 Å². The second-order valence-corrected chi connectivity index (χ2v) is 6.25. The van der Waals surface area contributed by atoms with Crippen molar-refractivity contribution in [2.24, 2.45) is 17.6 Å². The monoisotopic (exact) mass is 240 g/mol. The lowest BCUT2D eigenvalue weighted by Gasteiger charge is -2.33. The first-order chi connectivity index (χ1) is 8.16. The van der Waals surface area contributed by atoms with Gasteiger partial charge in [0.15, 0.2) is 0 Å². The Labute approximate surface area is 106 Å². The minimum atomic E-state index is 0.256. The predicted octanol–water partition coefficient (Wildman–Crippen LogP) is 1.86. The average Bonchev–Trinajstić information content (AvgIpc) is 2.89. The Balaban J connectivity index is 1.89. The van der Waals surface area contributed by atoms with Crippen molar-refractivity contribution in [3.8, 4) is 0 Å². The summed E-state index contributed by atoms with van der Waals surface area (Å²) in [6.45, 7) is 8.60. The molecule has 3 nitrogen and oxygen atoms in total. The van der Waals surface area contributed by atoms with Crippen LogP contribution in [-0.4, -0.2) is 43.3 Å². The van der Waals surface area contributed by atoms with Gasteiger partial charge in [-0.25, -0.2) is 0 Å². The summed E-state index contributed by atoms with van der Waals surface area (Å²) in [5.41, 5.74) is 6.11. The summed E-state index contributed by atoms with van der Waals surface area (Å²) < 4.78 is 5.49.